The number of rotatable bonds is 5. The van der Waals surface area contributed by atoms with Gasteiger partial charge in [-0.1, -0.05) is 37.6 Å². The number of nitrogens with zero attached hydrogens (tertiary/aromatic N) is 3. The number of aliphatic imine (C=N–C) groups is 1. The lowest BCUT2D eigenvalue weighted by Crippen LogP contribution is -2.50. The number of guanidine groups is 1. The highest BCUT2D eigenvalue weighted by Gasteiger charge is 2.25. The lowest BCUT2D eigenvalue weighted by Gasteiger charge is -2.34. The molecule has 2 aromatic rings. The molecule has 0 atom stereocenters. The highest BCUT2D eigenvalue weighted by Crippen LogP contribution is 2.30. The van der Waals surface area contributed by atoms with Crippen LogP contribution >= 0.6 is 35.6 Å². The second-order valence-electron chi connectivity index (χ2n) is 8.03. The van der Waals surface area contributed by atoms with E-state index in [1.807, 2.05) is 18.3 Å². The maximum absolute atomic E-state index is 13.4. The molecule has 0 amide bonds. The molecule has 0 saturated carbocycles. The van der Waals surface area contributed by atoms with Crippen LogP contribution in [0.1, 0.15) is 32.3 Å². The van der Waals surface area contributed by atoms with Crippen LogP contribution < -0.4 is 15.5 Å². The van der Waals surface area contributed by atoms with Crippen LogP contribution in [0.3, 0.4) is 0 Å². The van der Waals surface area contributed by atoms with E-state index >= 15 is 0 Å². The molecule has 0 radical (unpaired) electrons. The van der Waals surface area contributed by atoms with Crippen LogP contribution in [-0.4, -0.2) is 43.7 Å². The van der Waals surface area contributed by atoms with Crippen LogP contribution in [0.25, 0.3) is 0 Å². The fourth-order valence-corrected chi connectivity index (χ4v) is 4.04. The van der Waals surface area contributed by atoms with Crippen LogP contribution in [0, 0.1) is 5.82 Å². The van der Waals surface area contributed by atoms with Crippen molar-refractivity contribution in [3.63, 3.8) is 0 Å². The Morgan fingerprint density at radius 3 is 2.60 bits per heavy atom. The molecule has 1 aromatic carbocycles. The third-order valence-corrected chi connectivity index (χ3v) is 5.70. The van der Waals surface area contributed by atoms with Gasteiger partial charge in [0.2, 0.25) is 0 Å². The molecule has 1 aliphatic rings. The quantitative estimate of drug-likeness (QED) is 0.328. The van der Waals surface area contributed by atoms with Crippen molar-refractivity contribution in [3.8, 4) is 0 Å². The van der Waals surface area contributed by atoms with Gasteiger partial charge in [-0.15, -0.1) is 24.0 Å². The third-order valence-electron chi connectivity index (χ3n) is 5.39. The molecule has 2 heterocycles. The van der Waals surface area contributed by atoms with Crippen molar-refractivity contribution in [2.75, 3.05) is 31.6 Å². The summed E-state index contributed by atoms with van der Waals surface area (Å²) < 4.78 is 13.4. The minimum absolute atomic E-state index is 0. The van der Waals surface area contributed by atoms with Crippen LogP contribution in [0.4, 0.5) is 10.2 Å². The minimum Gasteiger partial charge on any atom is -0.356 e. The van der Waals surface area contributed by atoms with E-state index in [0.717, 1.165) is 43.3 Å². The third kappa shape index (κ3) is 6.44. The molecule has 3 rings (SSSR count). The van der Waals surface area contributed by atoms with Crippen LogP contribution in [0.2, 0.25) is 5.02 Å². The molecular weight excluding hydrogens is 516 g/mol. The fraction of sp³-hybridized carbons (Fsp3) is 0.455. The Hall–Kier alpha value is -1.61. The van der Waals surface area contributed by atoms with Gasteiger partial charge in [0.15, 0.2) is 5.96 Å². The number of pyridine rings is 1. The molecule has 0 spiro atoms. The van der Waals surface area contributed by atoms with Gasteiger partial charge >= 0.3 is 0 Å². The van der Waals surface area contributed by atoms with E-state index in [1.54, 1.807) is 13.1 Å². The SMILES string of the molecule is CN=C(NCC(C)(C)c1ccc(F)cc1Cl)NC1CCN(c2ccccn2)CC1.I. The van der Waals surface area contributed by atoms with Gasteiger partial charge in [0.05, 0.1) is 0 Å². The van der Waals surface area contributed by atoms with E-state index in [4.69, 9.17) is 11.6 Å². The lowest BCUT2D eigenvalue weighted by molar-refractivity contribution is 0.452. The highest BCUT2D eigenvalue weighted by molar-refractivity contribution is 14.0. The van der Waals surface area contributed by atoms with Crippen molar-refractivity contribution in [2.45, 2.75) is 38.1 Å². The lowest BCUT2D eigenvalue weighted by atomic mass is 9.84. The number of benzene rings is 1. The molecule has 1 fully saturated rings. The molecule has 8 heteroatoms. The summed E-state index contributed by atoms with van der Waals surface area (Å²) in [7, 11) is 1.77. The summed E-state index contributed by atoms with van der Waals surface area (Å²) in [6, 6.07) is 10.9. The molecule has 0 unspecified atom stereocenters. The van der Waals surface area contributed by atoms with Crippen molar-refractivity contribution in [3.05, 3.63) is 59.0 Å². The molecule has 1 aliphatic heterocycles. The Labute approximate surface area is 200 Å². The average molecular weight is 546 g/mol. The fourth-order valence-electron chi connectivity index (χ4n) is 3.62. The molecule has 1 saturated heterocycles. The number of nitrogens with one attached hydrogen (secondary N) is 2. The Kier molecular flexibility index (Phi) is 9.15. The predicted octanol–water partition coefficient (Wildman–Crippen LogP) is 4.60. The smallest absolute Gasteiger partial charge is 0.191 e. The first kappa shape index (κ1) is 24.7. The van der Waals surface area contributed by atoms with Crippen molar-refractivity contribution >= 4 is 47.4 Å². The van der Waals surface area contributed by atoms with Gasteiger partial charge in [0.1, 0.15) is 11.6 Å². The Bertz CT molecular complexity index is 839. The summed E-state index contributed by atoms with van der Waals surface area (Å²) in [5, 5.41) is 7.37. The van der Waals surface area contributed by atoms with Gasteiger partial charge in [-0.2, -0.15) is 0 Å². The zero-order chi connectivity index (χ0) is 20.9. The first-order chi connectivity index (χ1) is 13.9. The number of hydrogen-bond acceptors (Lipinski definition) is 3. The predicted molar refractivity (Wildman–Crippen MR) is 134 cm³/mol. The summed E-state index contributed by atoms with van der Waals surface area (Å²) in [5.74, 6) is 1.48. The summed E-state index contributed by atoms with van der Waals surface area (Å²) in [6.07, 6.45) is 3.87. The van der Waals surface area contributed by atoms with Gasteiger partial charge in [0, 0.05) is 49.4 Å². The molecule has 5 nitrogen and oxygen atoms in total. The van der Waals surface area contributed by atoms with E-state index in [-0.39, 0.29) is 35.2 Å². The molecule has 0 bridgehead atoms. The Morgan fingerprint density at radius 1 is 1.27 bits per heavy atom. The maximum Gasteiger partial charge on any atom is 0.191 e. The van der Waals surface area contributed by atoms with E-state index < -0.39 is 0 Å². The molecule has 2 N–H and O–H groups in total. The molecule has 164 valence electrons. The van der Waals surface area contributed by atoms with Crippen molar-refractivity contribution in [1.29, 1.82) is 0 Å². The summed E-state index contributed by atoms with van der Waals surface area (Å²) >= 11 is 6.26. The average Bonchev–Trinajstić information content (AvgIpc) is 2.72. The first-order valence-corrected chi connectivity index (χ1v) is 10.4. The second-order valence-corrected chi connectivity index (χ2v) is 8.43. The molecule has 0 aliphatic carbocycles. The zero-order valence-corrected chi connectivity index (χ0v) is 20.7. The molecule has 30 heavy (non-hydrogen) atoms. The summed E-state index contributed by atoms with van der Waals surface area (Å²) in [5.41, 5.74) is 0.636. The van der Waals surface area contributed by atoms with E-state index in [0.29, 0.717) is 17.6 Å². The number of piperidine rings is 1. The number of anilines is 1. The first-order valence-electron chi connectivity index (χ1n) is 9.98. The number of aromatic nitrogens is 1. The van der Waals surface area contributed by atoms with Gasteiger partial charge in [-0.3, -0.25) is 4.99 Å². The summed E-state index contributed by atoms with van der Waals surface area (Å²) in [6.45, 7) is 6.71. The standard InChI is InChI=1S/C22H29ClFN5.HI/c1-22(2,18-8-7-16(24)14-19(18)23)15-27-21(25-3)28-17-9-12-29(13-10-17)20-6-4-5-11-26-20;/h4-8,11,14,17H,9-10,12-13,15H2,1-3H3,(H2,25,27,28);1H. The van der Waals surface area contributed by atoms with Crippen molar-refractivity contribution < 1.29 is 4.39 Å². The second kappa shape index (κ2) is 11.1. The van der Waals surface area contributed by atoms with Gasteiger partial charge in [-0.05, 0) is 42.7 Å². The van der Waals surface area contributed by atoms with Gasteiger partial charge < -0.3 is 15.5 Å². The van der Waals surface area contributed by atoms with Crippen LogP contribution in [-0.2, 0) is 5.41 Å². The largest absolute Gasteiger partial charge is 0.356 e. The van der Waals surface area contributed by atoms with Gasteiger partial charge in [0.25, 0.3) is 0 Å². The van der Waals surface area contributed by atoms with Gasteiger partial charge in [-0.25, -0.2) is 9.37 Å². The highest BCUT2D eigenvalue weighted by atomic mass is 127. The van der Waals surface area contributed by atoms with Crippen LogP contribution in [0.5, 0.6) is 0 Å². The monoisotopic (exact) mass is 545 g/mol. The van der Waals surface area contributed by atoms with E-state index in [9.17, 15) is 4.39 Å². The van der Waals surface area contributed by atoms with E-state index in [2.05, 4.69) is 45.4 Å². The number of hydrogen-bond donors (Lipinski definition) is 2. The minimum atomic E-state index is -0.322. The van der Waals surface area contributed by atoms with Crippen LogP contribution in [0.15, 0.2) is 47.6 Å². The Balaban J connectivity index is 0.00000320. The summed E-state index contributed by atoms with van der Waals surface area (Å²) in [4.78, 5) is 11.1. The number of halogens is 3. The van der Waals surface area contributed by atoms with Crippen molar-refractivity contribution in [1.82, 2.24) is 15.6 Å². The van der Waals surface area contributed by atoms with E-state index in [1.165, 1.54) is 12.1 Å². The molecular formula is C22H30ClFIN5. The maximum atomic E-state index is 13.4. The molecule has 1 aromatic heterocycles. The van der Waals surface area contributed by atoms with Crippen molar-refractivity contribution in [2.24, 2.45) is 4.99 Å². The normalized spacial score (nSPS) is 15.5. The zero-order valence-electron chi connectivity index (χ0n) is 17.7. The topological polar surface area (TPSA) is 52.6 Å². The Morgan fingerprint density at radius 2 is 2.00 bits per heavy atom.